The summed E-state index contributed by atoms with van der Waals surface area (Å²) in [5.41, 5.74) is -1.25. The van der Waals surface area contributed by atoms with Crippen molar-refractivity contribution in [2.45, 2.75) is 5.92 Å². The van der Waals surface area contributed by atoms with Gasteiger partial charge in [0, 0.05) is 0 Å². The SMILES string of the molecule is O=CC(F)(F)c1cc(F)ccc1F. The topological polar surface area (TPSA) is 17.1 Å². The van der Waals surface area contributed by atoms with Crippen LogP contribution in [0.15, 0.2) is 18.2 Å². The lowest BCUT2D eigenvalue weighted by molar-refractivity contribution is -0.130. The van der Waals surface area contributed by atoms with Crippen LogP contribution < -0.4 is 0 Å². The number of halogens is 4. The van der Waals surface area contributed by atoms with E-state index >= 15 is 0 Å². The maximum Gasteiger partial charge on any atom is 0.330 e. The van der Waals surface area contributed by atoms with Crippen molar-refractivity contribution in [2.75, 3.05) is 0 Å². The van der Waals surface area contributed by atoms with E-state index < -0.39 is 29.4 Å². The molecule has 0 aromatic heterocycles. The Bertz CT molecular complexity index is 335. The van der Waals surface area contributed by atoms with Crippen LogP contribution >= 0.6 is 0 Å². The summed E-state index contributed by atoms with van der Waals surface area (Å²) in [6.45, 7) is 0. The highest BCUT2D eigenvalue weighted by Gasteiger charge is 2.34. The van der Waals surface area contributed by atoms with Crippen molar-refractivity contribution in [3.63, 3.8) is 0 Å². The fourth-order valence-corrected chi connectivity index (χ4v) is 0.816. The molecular formula is C8H4F4O. The predicted molar refractivity (Wildman–Crippen MR) is 36.3 cm³/mol. The van der Waals surface area contributed by atoms with Crippen LogP contribution in [0, 0.1) is 11.6 Å². The van der Waals surface area contributed by atoms with Gasteiger partial charge in [-0.1, -0.05) is 0 Å². The molecular weight excluding hydrogens is 188 g/mol. The standard InChI is InChI=1S/C8H4F4O/c9-5-1-2-7(10)6(3-5)8(11,12)4-13/h1-4H. The maximum atomic E-state index is 12.6. The molecule has 1 nitrogen and oxygen atoms in total. The van der Waals surface area contributed by atoms with Crippen molar-refractivity contribution in [3.8, 4) is 0 Å². The summed E-state index contributed by atoms with van der Waals surface area (Å²) in [4.78, 5) is 9.85. The van der Waals surface area contributed by atoms with E-state index in [0.29, 0.717) is 18.2 Å². The van der Waals surface area contributed by atoms with Crippen molar-refractivity contribution in [3.05, 3.63) is 35.4 Å². The average molecular weight is 192 g/mol. The van der Waals surface area contributed by atoms with Gasteiger partial charge in [-0.05, 0) is 18.2 Å². The summed E-state index contributed by atoms with van der Waals surface area (Å²) in [5, 5.41) is 0. The lowest BCUT2D eigenvalue weighted by Gasteiger charge is -2.09. The molecule has 0 saturated carbocycles. The van der Waals surface area contributed by atoms with Crippen LogP contribution in [0.4, 0.5) is 17.6 Å². The highest BCUT2D eigenvalue weighted by atomic mass is 19.3. The molecule has 0 heterocycles. The van der Waals surface area contributed by atoms with Crippen LogP contribution in [0.5, 0.6) is 0 Å². The molecule has 0 fully saturated rings. The van der Waals surface area contributed by atoms with Crippen molar-refractivity contribution in [1.29, 1.82) is 0 Å². The zero-order valence-corrected chi connectivity index (χ0v) is 6.23. The number of aldehydes is 1. The van der Waals surface area contributed by atoms with Gasteiger partial charge in [-0.2, -0.15) is 8.78 Å². The third-order valence-corrected chi connectivity index (χ3v) is 1.44. The van der Waals surface area contributed by atoms with Gasteiger partial charge in [0.25, 0.3) is 0 Å². The molecule has 0 aliphatic carbocycles. The van der Waals surface area contributed by atoms with E-state index in [2.05, 4.69) is 0 Å². The Labute approximate surface area is 71.0 Å². The van der Waals surface area contributed by atoms with Gasteiger partial charge in [0.15, 0.2) is 6.29 Å². The summed E-state index contributed by atoms with van der Waals surface area (Å²) >= 11 is 0. The predicted octanol–water partition coefficient (Wildman–Crippen LogP) is 2.26. The van der Waals surface area contributed by atoms with Gasteiger partial charge in [-0.15, -0.1) is 0 Å². The smallest absolute Gasteiger partial charge is 0.296 e. The van der Waals surface area contributed by atoms with Crippen LogP contribution in [0.1, 0.15) is 5.56 Å². The van der Waals surface area contributed by atoms with Gasteiger partial charge < -0.3 is 0 Å². The van der Waals surface area contributed by atoms with Crippen LogP contribution in [0.2, 0.25) is 0 Å². The average Bonchev–Trinajstić information content (AvgIpc) is 2.09. The molecule has 0 atom stereocenters. The Kier molecular flexibility index (Phi) is 2.36. The fourth-order valence-electron chi connectivity index (χ4n) is 0.816. The molecule has 1 aromatic rings. The minimum Gasteiger partial charge on any atom is -0.296 e. The maximum absolute atomic E-state index is 12.6. The Morgan fingerprint density at radius 2 is 1.85 bits per heavy atom. The van der Waals surface area contributed by atoms with Crippen molar-refractivity contribution in [2.24, 2.45) is 0 Å². The molecule has 0 saturated heterocycles. The lowest BCUT2D eigenvalue weighted by atomic mass is 10.1. The molecule has 0 aliphatic heterocycles. The van der Waals surface area contributed by atoms with Gasteiger partial charge in [-0.25, -0.2) is 8.78 Å². The largest absolute Gasteiger partial charge is 0.330 e. The van der Waals surface area contributed by atoms with E-state index in [0.717, 1.165) is 0 Å². The molecule has 0 spiro atoms. The molecule has 0 aliphatic rings. The van der Waals surface area contributed by atoms with E-state index in [1.54, 1.807) is 0 Å². The number of benzene rings is 1. The van der Waals surface area contributed by atoms with Crippen molar-refractivity contribution >= 4 is 6.29 Å². The van der Waals surface area contributed by atoms with E-state index in [9.17, 15) is 22.4 Å². The molecule has 0 N–H and O–H groups in total. The van der Waals surface area contributed by atoms with Gasteiger partial charge in [0.05, 0.1) is 5.56 Å². The zero-order valence-electron chi connectivity index (χ0n) is 6.23. The van der Waals surface area contributed by atoms with Gasteiger partial charge >= 0.3 is 5.92 Å². The molecule has 1 aromatic carbocycles. The minimum atomic E-state index is -3.98. The first-order valence-electron chi connectivity index (χ1n) is 3.27. The van der Waals surface area contributed by atoms with Crippen LogP contribution in [0.3, 0.4) is 0 Å². The molecule has 0 bridgehead atoms. The number of alkyl halides is 2. The summed E-state index contributed by atoms with van der Waals surface area (Å²) in [5.74, 6) is -6.30. The second kappa shape index (κ2) is 3.16. The molecule has 5 heteroatoms. The normalized spacial score (nSPS) is 11.4. The zero-order chi connectivity index (χ0) is 10.1. The van der Waals surface area contributed by atoms with E-state index in [4.69, 9.17) is 0 Å². The molecule has 1 rings (SSSR count). The second-order valence-electron chi connectivity index (χ2n) is 2.36. The lowest BCUT2D eigenvalue weighted by Crippen LogP contribution is -2.17. The van der Waals surface area contributed by atoms with E-state index in [1.165, 1.54) is 0 Å². The highest BCUT2D eigenvalue weighted by molar-refractivity contribution is 5.63. The number of carbonyl (C=O) groups excluding carboxylic acids is 1. The molecule has 70 valence electrons. The Hall–Kier alpha value is -1.39. The third kappa shape index (κ3) is 1.85. The monoisotopic (exact) mass is 192 g/mol. The Balaban J connectivity index is 3.28. The number of hydrogen-bond acceptors (Lipinski definition) is 1. The summed E-state index contributed by atoms with van der Waals surface area (Å²) < 4.78 is 50.1. The first kappa shape index (κ1) is 9.70. The molecule has 0 radical (unpaired) electrons. The third-order valence-electron chi connectivity index (χ3n) is 1.44. The molecule has 13 heavy (non-hydrogen) atoms. The number of carbonyl (C=O) groups is 1. The van der Waals surface area contributed by atoms with Crippen molar-refractivity contribution < 1.29 is 22.4 Å². The minimum absolute atomic E-state index is 0.295. The quantitative estimate of drug-likeness (QED) is 0.518. The molecule has 0 unspecified atom stereocenters. The Morgan fingerprint density at radius 3 is 2.38 bits per heavy atom. The van der Waals surface area contributed by atoms with Crippen LogP contribution in [-0.2, 0) is 10.7 Å². The van der Waals surface area contributed by atoms with Gasteiger partial charge in [-0.3, -0.25) is 4.79 Å². The second-order valence-corrected chi connectivity index (χ2v) is 2.36. The highest BCUT2D eigenvalue weighted by Crippen LogP contribution is 2.28. The summed E-state index contributed by atoms with van der Waals surface area (Å²) in [6, 6.07) is 1.53. The first-order valence-corrected chi connectivity index (χ1v) is 3.27. The number of rotatable bonds is 2. The Morgan fingerprint density at radius 1 is 1.23 bits per heavy atom. The van der Waals surface area contributed by atoms with Crippen LogP contribution in [-0.4, -0.2) is 6.29 Å². The fraction of sp³-hybridized carbons (Fsp3) is 0.125. The van der Waals surface area contributed by atoms with Gasteiger partial charge in [0.2, 0.25) is 0 Å². The first-order chi connectivity index (χ1) is 5.97. The summed E-state index contributed by atoms with van der Waals surface area (Å²) in [7, 11) is 0. The van der Waals surface area contributed by atoms with Gasteiger partial charge in [0.1, 0.15) is 11.6 Å². The van der Waals surface area contributed by atoms with Crippen LogP contribution in [0.25, 0.3) is 0 Å². The summed E-state index contributed by atoms with van der Waals surface area (Å²) in [6.07, 6.45) is -0.731. The number of hydrogen-bond donors (Lipinski definition) is 0. The van der Waals surface area contributed by atoms with E-state index in [1.807, 2.05) is 0 Å². The molecule has 0 amide bonds. The van der Waals surface area contributed by atoms with Crippen molar-refractivity contribution in [1.82, 2.24) is 0 Å². The van der Waals surface area contributed by atoms with E-state index in [-0.39, 0.29) is 0 Å².